The highest BCUT2D eigenvalue weighted by atomic mass is 16.3. The molecule has 2 fully saturated rings. The zero-order valence-corrected chi connectivity index (χ0v) is 17.9. The SMILES string of the molecule is Cc1cc(C=N[C@H](C)c2ccccc2)c(O)c([C@H]2C[C@@H]3CC[C@@]2(C)C3(C)C)c1. The number of phenolic OH excluding ortho intramolecular Hbond substituents is 1. The molecule has 2 heteroatoms. The number of aromatic hydroxyl groups is 1. The van der Waals surface area contributed by atoms with Crippen LogP contribution in [0.5, 0.6) is 5.75 Å². The highest BCUT2D eigenvalue weighted by Crippen LogP contribution is 2.71. The van der Waals surface area contributed by atoms with Gasteiger partial charge < -0.3 is 5.11 Å². The molecule has 4 rings (SSSR count). The fraction of sp³-hybridized carbons (Fsp3) is 0.500. The van der Waals surface area contributed by atoms with Gasteiger partial charge in [-0.2, -0.15) is 0 Å². The lowest BCUT2D eigenvalue weighted by molar-refractivity contribution is 0.133. The van der Waals surface area contributed by atoms with E-state index >= 15 is 0 Å². The Morgan fingerprint density at radius 1 is 1.14 bits per heavy atom. The molecule has 0 aliphatic heterocycles. The van der Waals surface area contributed by atoms with Gasteiger partial charge in [-0.05, 0) is 78.5 Å². The van der Waals surface area contributed by atoms with Crippen molar-refractivity contribution in [2.75, 3.05) is 0 Å². The van der Waals surface area contributed by atoms with Crippen molar-refractivity contribution in [3.05, 3.63) is 64.7 Å². The maximum Gasteiger partial charge on any atom is 0.127 e. The Morgan fingerprint density at radius 3 is 2.46 bits per heavy atom. The summed E-state index contributed by atoms with van der Waals surface area (Å²) >= 11 is 0. The number of phenols is 1. The maximum atomic E-state index is 11.2. The van der Waals surface area contributed by atoms with Gasteiger partial charge in [-0.25, -0.2) is 0 Å². The summed E-state index contributed by atoms with van der Waals surface area (Å²) in [4.78, 5) is 4.74. The van der Waals surface area contributed by atoms with Gasteiger partial charge in [0.1, 0.15) is 5.75 Å². The molecule has 2 aromatic carbocycles. The molecule has 148 valence electrons. The van der Waals surface area contributed by atoms with Crippen LogP contribution in [0, 0.1) is 23.7 Å². The number of aryl methyl sites for hydroxylation is 1. The van der Waals surface area contributed by atoms with Crippen molar-refractivity contribution >= 4 is 6.21 Å². The lowest BCUT2D eigenvalue weighted by atomic mass is 9.64. The van der Waals surface area contributed by atoms with E-state index in [-0.39, 0.29) is 11.5 Å². The van der Waals surface area contributed by atoms with Crippen molar-refractivity contribution < 1.29 is 5.11 Å². The first-order valence-corrected chi connectivity index (χ1v) is 10.7. The molecule has 0 radical (unpaired) electrons. The number of aliphatic imine (C=N–C) groups is 1. The van der Waals surface area contributed by atoms with Crippen molar-refractivity contribution in [1.82, 2.24) is 0 Å². The summed E-state index contributed by atoms with van der Waals surface area (Å²) < 4.78 is 0. The van der Waals surface area contributed by atoms with Gasteiger partial charge in [0.25, 0.3) is 0 Å². The number of nitrogens with zero attached hydrogens (tertiary/aromatic N) is 1. The second-order valence-electron chi connectivity index (χ2n) is 9.82. The van der Waals surface area contributed by atoms with E-state index in [1.54, 1.807) is 0 Å². The van der Waals surface area contributed by atoms with E-state index in [0.29, 0.717) is 17.1 Å². The normalized spacial score (nSPS) is 29.5. The minimum absolute atomic E-state index is 0.0727. The fourth-order valence-electron chi connectivity index (χ4n) is 5.88. The predicted octanol–water partition coefficient (Wildman–Crippen LogP) is 6.81. The Balaban J connectivity index is 1.67. The Kier molecular flexibility index (Phi) is 4.64. The number of hydrogen-bond donors (Lipinski definition) is 1. The van der Waals surface area contributed by atoms with E-state index in [2.05, 4.69) is 58.9 Å². The summed E-state index contributed by atoms with van der Waals surface area (Å²) in [5.41, 5.74) is 4.96. The van der Waals surface area contributed by atoms with E-state index < -0.39 is 0 Å². The molecule has 0 heterocycles. The van der Waals surface area contributed by atoms with Crippen molar-refractivity contribution in [2.24, 2.45) is 21.7 Å². The van der Waals surface area contributed by atoms with E-state index in [1.165, 1.54) is 30.4 Å². The third kappa shape index (κ3) is 2.89. The molecule has 0 amide bonds. The van der Waals surface area contributed by atoms with E-state index in [1.807, 2.05) is 24.4 Å². The number of rotatable bonds is 4. The van der Waals surface area contributed by atoms with E-state index in [9.17, 15) is 5.11 Å². The Morgan fingerprint density at radius 2 is 1.86 bits per heavy atom. The quantitative estimate of drug-likeness (QED) is 0.585. The molecule has 2 aromatic rings. The first kappa shape index (κ1) is 19.2. The zero-order valence-electron chi connectivity index (χ0n) is 17.9. The van der Waals surface area contributed by atoms with Crippen LogP contribution in [0.25, 0.3) is 0 Å². The van der Waals surface area contributed by atoms with Crippen LogP contribution in [0.4, 0.5) is 0 Å². The molecule has 0 aromatic heterocycles. The molecule has 2 nitrogen and oxygen atoms in total. The van der Waals surface area contributed by atoms with Crippen LogP contribution in [0.15, 0.2) is 47.5 Å². The third-order valence-corrected chi connectivity index (χ3v) is 8.20. The Bertz CT molecular complexity index is 898. The van der Waals surface area contributed by atoms with E-state index in [0.717, 1.165) is 17.0 Å². The predicted molar refractivity (Wildman–Crippen MR) is 117 cm³/mol. The molecule has 4 atom stereocenters. The van der Waals surface area contributed by atoms with Gasteiger partial charge in [-0.15, -0.1) is 0 Å². The standard InChI is InChI=1S/C26H33NO/c1-17-13-20(16-27-18(2)19-9-7-6-8-10-19)24(28)22(14-17)23-15-21-11-12-26(23,5)25(21,3)4/h6-10,13-14,16,18,21,23,28H,11-12,15H2,1-5H3/t18-,21+,23-,26-/m1/s1. The summed E-state index contributed by atoms with van der Waals surface area (Å²) in [6.07, 6.45) is 5.65. The molecule has 0 unspecified atom stereocenters. The smallest absolute Gasteiger partial charge is 0.127 e. The zero-order chi connectivity index (χ0) is 20.1. The van der Waals surface area contributed by atoms with Crippen molar-refractivity contribution in [3.63, 3.8) is 0 Å². The fourth-order valence-corrected chi connectivity index (χ4v) is 5.88. The number of fused-ring (bicyclic) bond motifs is 2. The van der Waals surface area contributed by atoms with Crippen LogP contribution >= 0.6 is 0 Å². The lowest BCUT2D eigenvalue weighted by Gasteiger charge is -2.40. The molecule has 2 saturated carbocycles. The number of hydrogen-bond acceptors (Lipinski definition) is 2. The van der Waals surface area contributed by atoms with Gasteiger partial charge in [0, 0.05) is 11.8 Å². The average Bonchev–Trinajstić information content (AvgIpc) is 3.02. The molecule has 2 aliphatic carbocycles. The van der Waals surface area contributed by atoms with Crippen LogP contribution in [-0.4, -0.2) is 11.3 Å². The lowest BCUT2D eigenvalue weighted by Crippen LogP contribution is -2.31. The van der Waals surface area contributed by atoms with Crippen LogP contribution < -0.4 is 0 Å². The van der Waals surface area contributed by atoms with Gasteiger partial charge in [0.05, 0.1) is 6.04 Å². The molecular weight excluding hydrogens is 342 g/mol. The molecule has 0 spiro atoms. The van der Waals surface area contributed by atoms with Crippen LogP contribution in [-0.2, 0) is 0 Å². The van der Waals surface area contributed by atoms with Gasteiger partial charge in [0.2, 0.25) is 0 Å². The van der Waals surface area contributed by atoms with Gasteiger partial charge >= 0.3 is 0 Å². The summed E-state index contributed by atoms with van der Waals surface area (Å²) in [5.74, 6) is 1.63. The largest absolute Gasteiger partial charge is 0.507 e. The summed E-state index contributed by atoms with van der Waals surface area (Å²) in [6, 6.07) is 14.6. The van der Waals surface area contributed by atoms with E-state index in [4.69, 9.17) is 4.99 Å². The molecule has 2 bridgehead atoms. The maximum absolute atomic E-state index is 11.2. The minimum atomic E-state index is 0.0727. The van der Waals surface area contributed by atoms with Gasteiger partial charge in [-0.3, -0.25) is 4.99 Å². The van der Waals surface area contributed by atoms with Crippen molar-refractivity contribution in [2.45, 2.75) is 65.8 Å². The second-order valence-corrected chi connectivity index (χ2v) is 9.82. The molecular formula is C26H33NO. The minimum Gasteiger partial charge on any atom is -0.507 e. The molecule has 1 N–H and O–H groups in total. The molecule has 28 heavy (non-hydrogen) atoms. The summed E-state index contributed by atoms with van der Waals surface area (Å²) in [6.45, 7) is 11.5. The first-order chi connectivity index (χ1) is 13.2. The molecule has 2 aliphatic rings. The topological polar surface area (TPSA) is 32.6 Å². The Hall–Kier alpha value is -2.09. The first-order valence-electron chi connectivity index (χ1n) is 10.7. The van der Waals surface area contributed by atoms with Gasteiger partial charge in [-0.1, -0.05) is 57.2 Å². The van der Waals surface area contributed by atoms with Crippen LogP contribution in [0.3, 0.4) is 0 Å². The average molecular weight is 376 g/mol. The second kappa shape index (κ2) is 6.76. The van der Waals surface area contributed by atoms with Gasteiger partial charge in [0.15, 0.2) is 0 Å². The summed E-state index contributed by atoms with van der Waals surface area (Å²) in [7, 11) is 0. The highest BCUT2D eigenvalue weighted by Gasteiger charge is 2.61. The van der Waals surface area contributed by atoms with Crippen LogP contribution in [0.2, 0.25) is 0 Å². The van der Waals surface area contributed by atoms with Crippen molar-refractivity contribution in [1.29, 1.82) is 0 Å². The summed E-state index contributed by atoms with van der Waals surface area (Å²) in [5, 5.41) is 11.2. The Labute approximate surface area is 169 Å². The third-order valence-electron chi connectivity index (χ3n) is 8.20. The molecule has 0 saturated heterocycles. The number of benzene rings is 2. The van der Waals surface area contributed by atoms with Crippen LogP contribution in [0.1, 0.15) is 81.2 Å². The monoisotopic (exact) mass is 375 g/mol. The highest BCUT2D eigenvalue weighted by molar-refractivity contribution is 5.85. The van der Waals surface area contributed by atoms with Crippen molar-refractivity contribution in [3.8, 4) is 5.75 Å².